The van der Waals surface area contributed by atoms with Gasteiger partial charge < -0.3 is 10.1 Å². The highest BCUT2D eigenvalue weighted by molar-refractivity contribution is 5.96. The molecule has 30 heavy (non-hydrogen) atoms. The first-order valence-electron chi connectivity index (χ1n) is 10.0. The van der Waals surface area contributed by atoms with Crippen LogP contribution in [0.15, 0.2) is 72.7 Å². The van der Waals surface area contributed by atoms with Crippen molar-refractivity contribution in [2.45, 2.75) is 27.2 Å². The van der Waals surface area contributed by atoms with Gasteiger partial charge in [-0.15, -0.1) is 0 Å². The molecule has 1 aromatic carbocycles. The molecule has 0 aliphatic rings. The van der Waals surface area contributed by atoms with E-state index in [9.17, 15) is 0 Å². The van der Waals surface area contributed by atoms with Crippen LogP contribution in [0.25, 0.3) is 22.2 Å². The van der Waals surface area contributed by atoms with Crippen LogP contribution >= 0.6 is 0 Å². The van der Waals surface area contributed by atoms with Gasteiger partial charge in [0, 0.05) is 23.7 Å². The summed E-state index contributed by atoms with van der Waals surface area (Å²) in [6.07, 6.45) is 10.7. The summed E-state index contributed by atoms with van der Waals surface area (Å²) in [6, 6.07) is 8.06. The topological polar surface area (TPSA) is 59.9 Å². The van der Waals surface area contributed by atoms with Crippen molar-refractivity contribution in [2.24, 2.45) is 0 Å². The zero-order chi connectivity index (χ0) is 21.5. The maximum atomic E-state index is 5.60. The highest BCUT2D eigenvalue weighted by atomic mass is 16.5. The Morgan fingerprint density at radius 2 is 2.00 bits per heavy atom. The number of pyridine rings is 1. The van der Waals surface area contributed by atoms with Crippen LogP contribution in [-0.2, 0) is 0 Å². The smallest absolute Gasteiger partial charge is 0.145 e. The molecule has 0 atom stereocenters. The average Bonchev–Trinajstić information content (AvgIpc) is 2.76. The lowest BCUT2D eigenvalue weighted by atomic mass is 10.1. The highest BCUT2D eigenvalue weighted by Gasteiger charge is 2.12. The van der Waals surface area contributed by atoms with E-state index in [-0.39, 0.29) is 0 Å². The number of aryl methyl sites for hydroxylation is 1. The highest BCUT2D eigenvalue weighted by Crippen LogP contribution is 2.33. The molecule has 0 aliphatic carbocycles. The van der Waals surface area contributed by atoms with E-state index in [1.807, 2.05) is 43.5 Å². The molecule has 3 rings (SSSR count). The van der Waals surface area contributed by atoms with Crippen molar-refractivity contribution < 1.29 is 4.74 Å². The van der Waals surface area contributed by atoms with Crippen molar-refractivity contribution in [2.75, 3.05) is 19.0 Å². The first kappa shape index (κ1) is 21.2. The second kappa shape index (κ2) is 9.83. The van der Waals surface area contributed by atoms with Crippen molar-refractivity contribution >= 4 is 16.7 Å². The van der Waals surface area contributed by atoms with E-state index in [1.165, 1.54) is 5.57 Å². The van der Waals surface area contributed by atoms with Gasteiger partial charge in [0.05, 0.1) is 12.8 Å². The van der Waals surface area contributed by atoms with Gasteiger partial charge in [-0.05, 0) is 49.6 Å². The normalized spacial score (nSPS) is 11.8. The van der Waals surface area contributed by atoms with Gasteiger partial charge in [0.25, 0.3) is 0 Å². The molecule has 1 N–H and O–H groups in total. The Balaban J connectivity index is 1.91. The van der Waals surface area contributed by atoms with Crippen molar-refractivity contribution in [1.29, 1.82) is 0 Å². The summed E-state index contributed by atoms with van der Waals surface area (Å²) in [4.78, 5) is 13.4. The van der Waals surface area contributed by atoms with Crippen LogP contribution < -0.4 is 10.1 Å². The molecular weight excluding hydrogens is 372 g/mol. The van der Waals surface area contributed by atoms with Crippen molar-refractivity contribution in [1.82, 2.24) is 15.0 Å². The van der Waals surface area contributed by atoms with Crippen LogP contribution in [0.2, 0.25) is 0 Å². The third-order valence-corrected chi connectivity index (χ3v) is 4.72. The van der Waals surface area contributed by atoms with E-state index < -0.39 is 0 Å². The van der Waals surface area contributed by atoms with Gasteiger partial charge >= 0.3 is 0 Å². The number of rotatable bonds is 8. The molecule has 3 aromatic rings. The number of nitrogens with one attached hydrogen (secondary N) is 1. The summed E-state index contributed by atoms with van der Waals surface area (Å²) in [5, 5.41) is 4.27. The number of anilines is 1. The second-order valence-corrected chi connectivity index (χ2v) is 7.22. The van der Waals surface area contributed by atoms with E-state index >= 15 is 0 Å². The minimum Gasteiger partial charge on any atom is -0.494 e. The number of nitrogens with zero attached hydrogens (tertiary/aromatic N) is 3. The molecule has 0 aliphatic heterocycles. The maximum absolute atomic E-state index is 5.60. The SMILES string of the molecule is C=C(/C=C\C(C)=C\CC)CNc1ncnc2c(OC)cc(-c3ccc(C)cn3)cc12. The number of fused-ring (bicyclic) bond motifs is 1. The van der Waals surface area contributed by atoms with Crippen LogP contribution in [-0.4, -0.2) is 28.6 Å². The van der Waals surface area contributed by atoms with Crippen LogP contribution in [0.5, 0.6) is 5.75 Å². The Morgan fingerprint density at radius 3 is 2.70 bits per heavy atom. The lowest BCUT2D eigenvalue weighted by molar-refractivity contribution is 0.419. The quantitative estimate of drug-likeness (QED) is 0.478. The molecule has 0 amide bonds. The Hall–Kier alpha value is -3.47. The molecule has 2 aromatic heterocycles. The van der Waals surface area contributed by atoms with Gasteiger partial charge in [-0.25, -0.2) is 9.97 Å². The monoisotopic (exact) mass is 400 g/mol. The predicted molar refractivity (Wildman–Crippen MR) is 125 cm³/mol. The third kappa shape index (κ3) is 5.11. The summed E-state index contributed by atoms with van der Waals surface area (Å²) >= 11 is 0. The van der Waals surface area contributed by atoms with Crippen molar-refractivity contribution in [3.8, 4) is 17.0 Å². The number of hydrogen-bond donors (Lipinski definition) is 1. The Morgan fingerprint density at radius 1 is 1.17 bits per heavy atom. The summed E-state index contributed by atoms with van der Waals surface area (Å²) < 4.78 is 5.60. The van der Waals surface area contributed by atoms with Gasteiger partial charge in [0.2, 0.25) is 0 Å². The van der Waals surface area contributed by atoms with E-state index in [1.54, 1.807) is 13.4 Å². The van der Waals surface area contributed by atoms with Gasteiger partial charge in [0.15, 0.2) is 0 Å². The molecule has 5 heteroatoms. The first-order chi connectivity index (χ1) is 14.5. The van der Waals surface area contributed by atoms with Crippen LogP contribution in [0.3, 0.4) is 0 Å². The maximum Gasteiger partial charge on any atom is 0.145 e. The molecule has 5 nitrogen and oxygen atoms in total. The zero-order valence-corrected chi connectivity index (χ0v) is 18.1. The molecule has 0 saturated carbocycles. The fourth-order valence-electron chi connectivity index (χ4n) is 3.11. The zero-order valence-electron chi connectivity index (χ0n) is 18.1. The molecular formula is C25H28N4O. The first-order valence-corrected chi connectivity index (χ1v) is 10.0. The minimum atomic E-state index is 0.581. The van der Waals surface area contributed by atoms with Crippen LogP contribution in [0, 0.1) is 6.92 Å². The molecule has 2 heterocycles. The second-order valence-electron chi connectivity index (χ2n) is 7.22. The number of aromatic nitrogens is 3. The summed E-state index contributed by atoms with van der Waals surface area (Å²) in [5.74, 6) is 1.43. The molecule has 154 valence electrons. The molecule has 0 fully saturated rings. The van der Waals surface area contributed by atoms with E-state index in [2.05, 4.69) is 52.8 Å². The fourth-order valence-corrected chi connectivity index (χ4v) is 3.11. The van der Waals surface area contributed by atoms with E-state index in [4.69, 9.17) is 4.74 Å². The van der Waals surface area contributed by atoms with Gasteiger partial charge in [-0.2, -0.15) is 0 Å². The Labute approximate surface area is 178 Å². The number of ether oxygens (including phenoxy) is 1. The molecule has 0 unspecified atom stereocenters. The summed E-state index contributed by atoms with van der Waals surface area (Å²) in [7, 11) is 1.65. The largest absolute Gasteiger partial charge is 0.494 e. The standard InChI is InChI=1S/C25H28N4O/c1-6-7-17(2)8-9-18(3)15-27-25-21-12-20(22-11-10-19(4)14-26-22)13-23(30-5)24(21)28-16-29-25/h7-14,16H,3,6,15H2,1-2,4-5H3,(H,27,28,29)/b9-8-,17-7+. The van der Waals surface area contributed by atoms with Crippen LogP contribution in [0.1, 0.15) is 25.8 Å². The minimum absolute atomic E-state index is 0.581. The number of methoxy groups -OCH3 is 1. The van der Waals surface area contributed by atoms with Crippen molar-refractivity contribution in [3.05, 3.63) is 78.3 Å². The summed E-state index contributed by atoms with van der Waals surface area (Å²) in [5.41, 5.74) is 5.90. The fraction of sp³-hybridized carbons (Fsp3) is 0.240. The number of hydrogen-bond acceptors (Lipinski definition) is 5. The molecule has 0 radical (unpaired) electrons. The average molecular weight is 401 g/mol. The predicted octanol–water partition coefficient (Wildman–Crippen LogP) is 5.89. The third-order valence-electron chi connectivity index (χ3n) is 4.72. The van der Waals surface area contributed by atoms with Gasteiger partial charge in [-0.1, -0.05) is 43.4 Å². The lowest BCUT2D eigenvalue weighted by Gasteiger charge is -2.12. The Kier molecular flexibility index (Phi) is 6.96. The van der Waals surface area contributed by atoms with Crippen LogP contribution in [0.4, 0.5) is 5.82 Å². The molecule has 0 spiro atoms. The molecule has 0 bridgehead atoms. The summed E-state index contributed by atoms with van der Waals surface area (Å²) in [6.45, 7) is 11.0. The van der Waals surface area contributed by atoms with E-state index in [0.29, 0.717) is 12.3 Å². The number of allylic oxidation sites excluding steroid dienone is 3. The van der Waals surface area contributed by atoms with Gasteiger partial charge in [-0.3, -0.25) is 4.98 Å². The Bertz CT molecular complexity index is 1100. The lowest BCUT2D eigenvalue weighted by Crippen LogP contribution is -2.06. The van der Waals surface area contributed by atoms with E-state index in [0.717, 1.165) is 45.5 Å². The number of benzene rings is 1. The van der Waals surface area contributed by atoms with Gasteiger partial charge in [0.1, 0.15) is 23.4 Å². The van der Waals surface area contributed by atoms with Crippen molar-refractivity contribution in [3.63, 3.8) is 0 Å². The molecule has 0 saturated heterocycles.